The number of nitrogens with two attached hydrogens (primary N) is 2. The number of hydrogen-bond donors (Lipinski definition) is 4. The Morgan fingerprint density at radius 1 is 0.773 bits per heavy atom. The number of benzene rings is 2. The molecule has 1 aromatic heterocycles. The Morgan fingerprint density at radius 3 is 1.59 bits per heavy atom. The van der Waals surface area contributed by atoms with Crippen molar-refractivity contribution in [3.8, 4) is 0 Å². The first-order valence-electron chi connectivity index (χ1n) is 7.53. The average molecular weight is 295 g/mol. The Kier molecular flexibility index (Phi) is 3.83. The van der Waals surface area contributed by atoms with Gasteiger partial charge in [-0.3, -0.25) is 11.7 Å². The van der Waals surface area contributed by atoms with E-state index in [0.29, 0.717) is 0 Å². The molecular weight excluding hydrogens is 274 g/mol. The van der Waals surface area contributed by atoms with Crippen LogP contribution in [0.5, 0.6) is 0 Å². The smallest absolute Gasteiger partial charge is 0.0731 e. The van der Waals surface area contributed by atoms with Crippen LogP contribution in [-0.2, 0) is 12.8 Å². The minimum Gasteiger partial charge on any atom is -0.324 e. The number of pyridine rings is 1. The molecule has 0 amide bonds. The van der Waals surface area contributed by atoms with Gasteiger partial charge in [0.2, 0.25) is 0 Å². The number of nitrogen functional groups attached to an aromatic ring is 2. The van der Waals surface area contributed by atoms with Crippen molar-refractivity contribution in [1.29, 1.82) is 0 Å². The summed E-state index contributed by atoms with van der Waals surface area (Å²) in [6.07, 6.45) is 1.84. The first-order valence-corrected chi connectivity index (χ1v) is 7.53. The van der Waals surface area contributed by atoms with E-state index in [4.69, 9.17) is 16.7 Å². The Balaban J connectivity index is 2.30. The van der Waals surface area contributed by atoms with Gasteiger partial charge in [0.1, 0.15) is 0 Å². The fourth-order valence-electron chi connectivity index (χ4n) is 2.88. The summed E-state index contributed by atoms with van der Waals surface area (Å²) in [5.41, 5.74) is 11.6. The number of aryl methyl sites for hydroxylation is 2. The maximum absolute atomic E-state index is 5.61. The molecule has 3 aromatic rings. The monoisotopic (exact) mass is 295 g/mol. The molecule has 0 radical (unpaired) electrons. The summed E-state index contributed by atoms with van der Waals surface area (Å²) in [4.78, 5) is 4.75. The Hall–Kier alpha value is -2.37. The second-order valence-electron chi connectivity index (χ2n) is 5.39. The highest BCUT2D eigenvalue weighted by Gasteiger charge is 2.08. The van der Waals surface area contributed by atoms with E-state index in [2.05, 4.69) is 42.9 Å². The Bertz CT molecular complexity index is 704. The van der Waals surface area contributed by atoms with E-state index in [1.807, 2.05) is 12.1 Å². The lowest BCUT2D eigenvalue weighted by atomic mass is 10.0. The molecule has 0 saturated carbocycles. The quantitative estimate of drug-likeness (QED) is 0.337. The topological polar surface area (TPSA) is 89.0 Å². The van der Waals surface area contributed by atoms with Crippen LogP contribution in [-0.4, -0.2) is 4.98 Å². The van der Waals surface area contributed by atoms with Crippen LogP contribution in [0, 0.1) is 0 Å². The number of fused-ring (bicyclic) bond motifs is 2. The molecular formula is C17H21N5. The van der Waals surface area contributed by atoms with E-state index < -0.39 is 0 Å². The zero-order valence-electron chi connectivity index (χ0n) is 12.9. The van der Waals surface area contributed by atoms with Crippen LogP contribution in [0.1, 0.15) is 25.0 Å². The van der Waals surface area contributed by atoms with Crippen molar-refractivity contribution < 1.29 is 0 Å². The van der Waals surface area contributed by atoms with Gasteiger partial charge in [-0.05, 0) is 54.3 Å². The van der Waals surface area contributed by atoms with Gasteiger partial charge in [-0.25, -0.2) is 4.98 Å². The predicted octanol–water partition coefficient (Wildman–Crippen LogP) is 3.08. The third-order valence-corrected chi connectivity index (χ3v) is 4.13. The summed E-state index contributed by atoms with van der Waals surface area (Å²) in [6, 6.07) is 10.5. The number of nitrogens with zero attached hydrogens (tertiary/aromatic N) is 1. The summed E-state index contributed by atoms with van der Waals surface area (Å²) < 4.78 is 0. The number of anilines is 2. The zero-order chi connectivity index (χ0) is 15.7. The number of hydrazine groups is 2. The van der Waals surface area contributed by atoms with Crippen molar-refractivity contribution >= 4 is 33.2 Å². The van der Waals surface area contributed by atoms with Crippen molar-refractivity contribution in [3.63, 3.8) is 0 Å². The van der Waals surface area contributed by atoms with E-state index >= 15 is 0 Å². The van der Waals surface area contributed by atoms with E-state index in [1.165, 1.54) is 11.1 Å². The zero-order valence-corrected chi connectivity index (χ0v) is 12.9. The Labute approximate surface area is 129 Å². The van der Waals surface area contributed by atoms with Crippen LogP contribution in [0.25, 0.3) is 21.8 Å². The maximum atomic E-state index is 5.61. The van der Waals surface area contributed by atoms with Gasteiger partial charge < -0.3 is 10.9 Å². The first kappa shape index (κ1) is 14.6. The lowest BCUT2D eigenvalue weighted by Gasteiger charge is -2.12. The first-order chi connectivity index (χ1) is 10.7. The lowest BCUT2D eigenvalue weighted by Crippen LogP contribution is -2.09. The van der Waals surface area contributed by atoms with Crippen LogP contribution in [0.4, 0.5) is 11.4 Å². The molecule has 2 aromatic carbocycles. The van der Waals surface area contributed by atoms with Crippen molar-refractivity contribution in [3.05, 3.63) is 41.5 Å². The Morgan fingerprint density at radius 2 is 1.23 bits per heavy atom. The van der Waals surface area contributed by atoms with E-state index in [1.54, 1.807) is 0 Å². The second kappa shape index (κ2) is 5.79. The third-order valence-electron chi connectivity index (χ3n) is 4.13. The molecule has 0 saturated heterocycles. The molecule has 3 rings (SSSR count). The van der Waals surface area contributed by atoms with E-state index in [0.717, 1.165) is 46.0 Å². The van der Waals surface area contributed by atoms with Gasteiger partial charge in [0, 0.05) is 10.8 Å². The largest absolute Gasteiger partial charge is 0.324 e. The van der Waals surface area contributed by atoms with Crippen LogP contribution in [0.2, 0.25) is 0 Å². The number of aromatic nitrogens is 1. The summed E-state index contributed by atoms with van der Waals surface area (Å²) in [5.74, 6) is 11.2. The molecule has 114 valence electrons. The maximum Gasteiger partial charge on any atom is 0.0731 e. The van der Waals surface area contributed by atoms with Crippen molar-refractivity contribution in [2.45, 2.75) is 26.7 Å². The molecule has 0 unspecified atom stereocenters. The molecule has 0 bridgehead atoms. The van der Waals surface area contributed by atoms with E-state index in [9.17, 15) is 0 Å². The SMILES string of the molecule is CCc1cc2cc3cc(CC)c(NN)cc3nc2cc1NN. The molecule has 0 aliphatic heterocycles. The second-order valence-corrected chi connectivity index (χ2v) is 5.39. The van der Waals surface area contributed by atoms with Gasteiger partial charge in [0.05, 0.1) is 22.4 Å². The highest BCUT2D eigenvalue weighted by Crippen LogP contribution is 2.29. The molecule has 1 heterocycles. The van der Waals surface area contributed by atoms with Crippen molar-refractivity contribution in [1.82, 2.24) is 4.98 Å². The number of rotatable bonds is 4. The standard InChI is InChI=1S/C17H21N5/c1-3-10-5-12-7-13-6-11(4-2)17(22-19)9-15(13)20-14(12)8-16(10)21-18/h5-9,21-22H,3-4,18-19H2,1-2H3. The van der Waals surface area contributed by atoms with Gasteiger partial charge in [-0.2, -0.15) is 0 Å². The fourth-order valence-corrected chi connectivity index (χ4v) is 2.88. The van der Waals surface area contributed by atoms with Gasteiger partial charge in [-0.15, -0.1) is 0 Å². The normalized spacial score (nSPS) is 11.1. The molecule has 0 atom stereocenters. The van der Waals surface area contributed by atoms with Crippen LogP contribution in [0.3, 0.4) is 0 Å². The van der Waals surface area contributed by atoms with Crippen molar-refractivity contribution in [2.24, 2.45) is 11.7 Å². The number of nitrogens with one attached hydrogen (secondary N) is 2. The van der Waals surface area contributed by atoms with Gasteiger partial charge in [0.25, 0.3) is 0 Å². The van der Waals surface area contributed by atoms with Gasteiger partial charge >= 0.3 is 0 Å². The van der Waals surface area contributed by atoms with E-state index in [-0.39, 0.29) is 0 Å². The minimum absolute atomic E-state index is 0.920. The summed E-state index contributed by atoms with van der Waals surface area (Å²) in [5, 5.41) is 2.25. The molecule has 22 heavy (non-hydrogen) atoms. The molecule has 0 aliphatic carbocycles. The predicted molar refractivity (Wildman–Crippen MR) is 93.6 cm³/mol. The van der Waals surface area contributed by atoms with Crippen molar-refractivity contribution in [2.75, 3.05) is 10.9 Å². The third kappa shape index (κ3) is 2.34. The summed E-state index contributed by atoms with van der Waals surface area (Å²) in [6.45, 7) is 4.23. The van der Waals surface area contributed by atoms with Crippen LogP contribution in [0.15, 0.2) is 30.3 Å². The molecule has 5 nitrogen and oxygen atoms in total. The van der Waals surface area contributed by atoms with Crippen LogP contribution >= 0.6 is 0 Å². The summed E-state index contributed by atoms with van der Waals surface area (Å²) in [7, 11) is 0. The van der Waals surface area contributed by atoms with Gasteiger partial charge in [-0.1, -0.05) is 13.8 Å². The molecule has 6 N–H and O–H groups in total. The lowest BCUT2D eigenvalue weighted by molar-refractivity contribution is 1.13. The highest BCUT2D eigenvalue weighted by molar-refractivity contribution is 5.96. The minimum atomic E-state index is 0.920. The fraction of sp³-hybridized carbons (Fsp3) is 0.235. The van der Waals surface area contributed by atoms with Crippen LogP contribution < -0.4 is 22.5 Å². The number of hydrogen-bond acceptors (Lipinski definition) is 5. The summed E-state index contributed by atoms with van der Waals surface area (Å²) >= 11 is 0. The highest BCUT2D eigenvalue weighted by atomic mass is 15.2. The molecule has 0 fully saturated rings. The molecule has 0 spiro atoms. The average Bonchev–Trinajstić information content (AvgIpc) is 2.57. The molecule has 5 heteroatoms. The molecule has 0 aliphatic rings. The van der Waals surface area contributed by atoms with Gasteiger partial charge in [0.15, 0.2) is 0 Å².